The Bertz CT molecular complexity index is 1270. The second kappa shape index (κ2) is 10.4. The SMILES string of the molecule is Cc1cc(C)cc(COc2ccc(Cl)cc2/C=C(\C#N)C(=O)Nc2cccc(C(F)(F)F)c2)c1. The van der Waals surface area contributed by atoms with Crippen molar-refractivity contribution < 1.29 is 22.7 Å². The van der Waals surface area contributed by atoms with Gasteiger partial charge in [-0.05, 0) is 61.9 Å². The number of rotatable bonds is 6. The van der Waals surface area contributed by atoms with E-state index < -0.39 is 17.6 Å². The van der Waals surface area contributed by atoms with Crippen molar-refractivity contribution in [1.29, 1.82) is 5.26 Å². The van der Waals surface area contributed by atoms with Gasteiger partial charge in [0, 0.05) is 16.3 Å². The molecule has 0 unspecified atom stereocenters. The second-order valence-electron chi connectivity index (χ2n) is 7.67. The Labute approximate surface area is 200 Å². The van der Waals surface area contributed by atoms with Gasteiger partial charge < -0.3 is 10.1 Å². The molecule has 34 heavy (non-hydrogen) atoms. The van der Waals surface area contributed by atoms with Crippen LogP contribution < -0.4 is 10.1 Å². The topological polar surface area (TPSA) is 62.1 Å². The van der Waals surface area contributed by atoms with Gasteiger partial charge >= 0.3 is 6.18 Å². The highest BCUT2D eigenvalue weighted by Crippen LogP contribution is 2.31. The summed E-state index contributed by atoms with van der Waals surface area (Å²) in [4.78, 5) is 12.6. The predicted molar refractivity (Wildman–Crippen MR) is 125 cm³/mol. The third-order valence-electron chi connectivity index (χ3n) is 4.76. The smallest absolute Gasteiger partial charge is 0.416 e. The zero-order valence-corrected chi connectivity index (χ0v) is 19.1. The average Bonchev–Trinajstić information content (AvgIpc) is 2.75. The van der Waals surface area contributed by atoms with Gasteiger partial charge in [-0.15, -0.1) is 0 Å². The molecule has 1 N–H and O–H groups in total. The number of hydrogen-bond donors (Lipinski definition) is 1. The summed E-state index contributed by atoms with van der Waals surface area (Å²) in [6, 6.07) is 16.7. The molecular formula is C26H20ClF3N2O2. The van der Waals surface area contributed by atoms with Crippen LogP contribution in [-0.4, -0.2) is 5.91 Å². The minimum Gasteiger partial charge on any atom is -0.488 e. The van der Waals surface area contributed by atoms with Crippen LogP contribution >= 0.6 is 11.6 Å². The lowest BCUT2D eigenvalue weighted by Crippen LogP contribution is -2.14. The maximum atomic E-state index is 12.9. The summed E-state index contributed by atoms with van der Waals surface area (Å²) < 4.78 is 44.7. The number of alkyl halides is 3. The largest absolute Gasteiger partial charge is 0.488 e. The highest BCUT2D eigenvalue weighted by atomic mass is 35.5. The van der Waals surface area contributed by atoms with E-state index in [2.05, 4.69) is 5.32 Å². The van der Waals surface area contributed by atoms with Gasteiger partial charge in [0.05, 0.1) is 5.56 Å². The van der Waals surface area contributed by atoms with E-state index in [1.807, 2.05) is 32.0 Å². The molecule has 0 saturated heterocycles. The van der Waals surface area contributed by atoms with Crippen molar-refractivity contribution >= 4 is 29.3 Å². The number of halogens is 4. The fourth-order valence-electron chi connectivity index (χ4n) is 3.35. The minimum atomic E-state index is -4.56. The van der Waals surface area contributed by atoms with Gasteiger partial charge in [0.2, 0.25) is 0 Å². The van der Waals surface area contributed by atoms with Gasteiger partial charge in [0.25, 0.3) is 5.91 Å². The number of ether oxygens (including phenoxy) is 1. The third-order valence-corrected chi connectivity index (χ3v) is 5.00. The molecule has 0 spiro atoms. The third kappa shape index (κ3) is 6.63. The monoisotopic (exact) mass is 484 g/mol. The van der Waals surface area contributed by atoms with Crippen LogP contribution in [0, 0.1) is 25.2 Å². The number of nitriles is 1. The van der Waals surface area contributed by atoms with Gasteiger partial charge in [-0.3, -0.25) is 4.79 Å². The Kier molecular flexibility index (Phi) is 7.64. The molecule has 1 amide bonds. The molecule has 0 aliphatic heterocycles. The number of amides is 1. The summed E-state index contributed by atoms with van der Waals surface area (Å²) in [5, 5.41) is 12.2. The fraction of sp³-hybridized carbons (Fsp3) is 0.154. The summed E-state index contributed by atoms with van der Waals surface area (Å²) in [7, 11) is 0. The molecule has 0 saturated carbocycles. The van der Waals surface area contributed by atoms with Crippen LogP contribution in [0.15, 0.2) is 66.2 Å². The number of carbonyl (C=O) groups is 1. The van der Waals surface area contributed by atoms with Crippen molar-refractivity contribution in [2.45, 2.75) is 26.6 Å². The number of hydrogen-bond acceptors (Lipinski definition) is 3. The number of aryl methyl sites for hydroxylation is 2. The first-order valence-electron chi connectivity index (χ1n) is 10.1. The number of nitrogens with one attached hydrogen (secondary N) is 1. The summed E-state index contributed by atoms with van der Waals surface area (Å²) in [6.45, 7) is 4.22. The van der Waals surface area contributed by atoms with Crippen molar-refractivity contribution in [3.8, 4) is 11.8 Å². The maximum Gasteiger partial charge on any atom is 0.416 e. The van der Waals surface area contributed by atoms with E-state index in [0.29, 0.717) is 16.3 Å². The van der Waals surface area contributed by atoms with E-state index in [-0.39, 0.29) is 17.9 Å². The zero-order chi connectivity index (χ0) is 24.9. The first-order chi connectivity index (χ1) is 16.0. The van der Waals surface area contributed by atoms with Gasteiger partial charge in [-0.1, -0.05) is 47.0 Å². The average molecular weight is 485 g/mol. The fourth-order valence-corrected chi connectivity index (χ4v) is 3.53. The van der Waals surface area contributed by atoms with E-state index in [1.165, 1.54) is 24.3 Å². The van der Waals surface area contributed by atoms with E-state index >= 15 is 0 Å². The Morgan fingerprint density at radius 1 is 1.09 bits per heavy atom. The van der Waals surface area contributed by atoms with E-state index in [4.69, 9.17) is 16.3 Å². The lowest BCUT2D eigenvalue weighted by atomic mass is 10.1. The molecule has 0 atom stereocenters. The molecule has 0 heterocycles. The van der Waals surface area contributed by atoms with Gasteiger partial charge in [-0.2, -0.15) is 18.4 Å². The van der Waals surface area contributed by atoms with Crippen LogP contribution in [0.3, 0.4) is 0 Å². The van der Waals surface area contributed by atoms with Crippen LogP contribution in [0.25, 0.3) is 6.08 Å². The molecule has 0 bridgehead atoms. The normalized spacial score (nSPS) is 11.6. The Hall–Kier alpha value is -3.76. The molecule has 3 aromatic carbocycles. The molecular weight excluding hydrogens is 465 g/mol. The van der Waals surface area contributed by atoms with Gasteiger partial charge in [0.1, 0.15) is 24.0 Å². The molecule has 3 rings (SSSR count). The van der Waals surface area contributed by atoms with E-state index in [0.717, 1.165) is 28.8 Å². The molecule has 174 valence electrons. The van der Waals surface area contributed by atoms with Gasteiger partial charge in [0.15, 0.2) is 0 Å². The zero-order valence-electron chi connectivity index (χ0n) is 18.3. The first-order valence-corrected chi connectivity index (χ1v) is 10.5. The molecule has 0 aromatic heterocycles. The summed E-state index contributed by atoms with van der Waals surface area (Å²) in [6.07, 6.45) is -3.27. The second-order valence-corrected chi connectivity index (χ2v) is 8.11. The van der Waals surface area contributed by atoms with Crippen LogP contribution in [0.2, 0.25) is 5.02 Å². The molecule has 8 heteroatoms. The van der Waals surface area contributed by atoms with Crippen LogP contribution in [-0.2, 0) is 17.6 Å². The number of nitrogens with zero attached hydrogens (tertiary/aromatic N) is 1. The first kappa shape index (κ1) is 24.9. The standard InChI is InChI=1S/C26H20ClF3N2O2/c1-16-8-17(2)10-18(9-16)15-34-24-7-6-22(27)12-19(24)11-20(14-31)25(33)32-23-5-3-4-21(13-23)26(28,29)30/h3-13H,15H2,1-2H3,(H,32,33)/b20-11+. The van der Waals surface area contributed by atoms with Crippen molar-refractivity contribution in [3.05, 3.63) is 99.1 Å². The van der Waals surface area contributed by atoms with Crippen LogP contribution in [0.1, 0.15) is 27.8 Å². The van der Waals surface area contributed by atoms with E-state index in [9.17, 15) is 23.2 Å². The van der Waals surface area contributed by atoms with E-state index in [1.54, 1.807) is 18.2 Å². The lowest BCUT2D eigenvalue weighted by molar-refractivity contribution is -0.137. The molecule has 0 aliphatic rings. The summed E-state index contributed by atoms with van der Waals surface area (Å²) in [5.41, 5.74) is 2.19. The minimum absolute atomic E-state index is 0.0849. The van der Waals surface area contributed by atoms with Crippen molar-refractivity contribution in [1.82, 2.24) is 0 Å². The van der Waals surface area contributed by atoms with Crippen LogP contribution in [0.5, 0.6) is 5.75 Å². The molecule has 3 aromatic rings. The summed E-state index contributed by atoms with van der Waals surface area (Å²) >= 11 is 6.10. The van der Waals surface area contributed by atoms with Crippen molar-refractivity contribution in [2.75, 3.05) is 5.32 Å². The number of benzene rings is 3. The van der Waals surface area contributed by atoms with Crippen molar-refractivity contribution in [2.24, 2.45) is 0 Å². The predicted octanol–water partition coefficient (Wildman–Crippen LogP) is 7.10. The Balaban J connectivity index is 1.84. The molecule has 4 nitrogen and oxygen atoms in total. The molecule has 0 aliphatic carbocycles. The number of anilines is 1. The van der Waals surface area contributed by atoms with Crippen LogP contribution in [0.4, 0.5) is 18.9 Å². The molecule has 0 fully saturated rings. The summed E-state index contributed by atoms with van der Waals surface area (Å²) in [5.74, 6) is -0.467. The Morgan fingerprint density at radius 2 is 1.79 bits per heavy atom. The lowest BCUT2D eigenvalue weighted by Gasteiger charge is -2.12. The maximum absolute atomic E-state index is 12.9. The molecule has 0 radical (unpaired) electrons. The number of carbonyl (C=O) groups excluding carboxylic acids is 1. The highest BCUT2D eigenvalue weighted by Gasteiger charge is 2.30. The van der Waals surface area contributed by atoms with Gasteiger partial charge in [-0.25, -0.2) is 0 Å². The Morgan fingerprint density at radius 3 is 2.44 bits per heavy atom. The highest BCUT2D eigenvalue weighted by molar-refractivity contribution is 6.30. The van der Waals surface area contributed by atoms with Crippen molar-refractivity contribution in [3.63, 3.8) is 0 Å². The quantitative estimate of drug-likeness (QED) is 0.300.